The monoisotopic (exact) mass is 301 g/mol. The summed E-state index contributed by atoms with van der Waals surface area (Å²) in [6, 6.07) is 3.75. The van der Waals surface area contributed by atoms with Gasteiger partial charge in [-0.05, 0) is 11.6 Å². The van der Waals surface area contributed by atoms with Crippen LogP contribution in [0.1, 0.15) is 5.56 Å². The lowest BCUT2D eigenvalue weighted by Crippen LogP contribution is -2.49. The Morgan fingerprint density at radius 3 is 2.86 bits per heavy atom. The third kappa shape index (κ3) is 3.19. The molecule has 3 rings (SSSR count). The second-order valence-electron chi connectivity index (χ2n) is 5.21. The molecule has 0 aromatic carbocycles. The van der Waals surface area contributed by atoms with Gasteiger partial charge in [-0.25, -0.2) is 4.98 Å². The largest absolute Gasteiger partial charge is 0.497 e. The minimum absolute atomic E-state index is 0.139. The number of piperazine rings is 1. The van der Waals surface area contributed by atoms with Crippen LogP contribution in [0.15, 0.2) is 30.7 Å². The van der Waals surface area contributed by atoms with E-state index in [1.54, 1.807) is 25.7 Å². The summed E-state index contributed by atoms with van der Waals surface area (Å²) >= 11 is 0. The Kier molecular flexibility index (Phi) is 4.22. The van der Waals surface area contributed by atoms with Gasteiger partial charge in [-0.15, -0.1) is 0 Å². The lowest BCUT2D eigenvalue weighted by Gasteiger charge is -2.35. The molecule has 1 aliphatic rings. The molecule has 0 atom stereocenters. The van der Waals surface area contributed by atoms with Crippen LogP contribution >= 0.6 is 0 Å². The summed E-state index contributed by atoms with van der Waals surface area (Å²) in [7, 11) is 1.64. The van der Waals surface area contributed by atoms with Crippen molar-refractivity contribution < 1.29 is 9.53 Å². The molecule has 1 N–H and O–H groups in total. The van der Waals surface area contributed by atoms with Crippen LogP contribution in [0, 0.1) is 0 Å². The standard InChI is InChI=1S/C15H19N5O2/c1-22-13-2-3-16-14(9-13)19-4-6-20(7-5-19)15(21)8-12-10-17-18-11-12/h2-3,9-11H,4-8H2,1H3,(H,17,18). The van der Waals surface area contributed by atoms with Crippen LogP contribution in [0.5, 0.6) is 5.75 Å². The summed E-state index contributed by atoms with van der Waals surface area (Å²) < 4.78 is 5.22. The van der Waals surface area contributed by atoms with Gasteiger partial charge in [0.1, 0.15) is 11.6 Å². The predicted molar refractivity (Wildman–Crippen MR) is 81.9 cm³/mol. The molecule has 0 saturated carbocycles. The zero-order valence-corrected chi connectivity index (χ0v) is 12.5. The van der Waals surface area contributed by atoms with Crippen LogP contribution in [-0.2, 0) is 11.2 Å². The van der Waals surface area contributed by atoms with E-state index >= 15 is 0 Å². The highest BCUT2D eigenvalue weighted by Crippen LogP contribution is 2.19. The highest BCUT2D eigenvalue weighted by molar-refractivity contribution is 5.78. The fourth-order valence-corrected chi connectivity index (χ4v) is 2.55. The maximum Gasteiger partial charge on any atom is 0.227 e. The number of carbonyl (C=O) groups excluding carboxylic acids is 1. The number of pyridine rings is 1. The molecule has 2 aromatic rings. The molecule has 7 heteroatoms. The molecule has 0 aliphatic carbocycles. The molecule has 7 nitrogen and oxygen atoms in total. The number of ether oxygens (including phenoxy) is 1. The Balaban J connectivity index is 1.56. The first-order valence-corrected chi connectivity index (χ1v) is 7.26. The van der Waals surface area contributed by atoms with Crippen molar-refractivity contribution in [2.24, 2.45) is 0 Å². The molecule has 0 bridgehead atoms. The fourth-order valence-electron chi connectivity index (χ4n) is 2.55. The highest BCUT2D eigenvalue weighted by atomic mass is 16.5. The molecule has 2 aromatic heterocycles. The molecule has 22 heavy (non-hydrogen) atoms. The molecule has 0 spiro atoms. The van der Waals surface area contributed by atoms with Crippen molar-refractivity contribution in [2.45, 2.75) is 6.42 Å². The zero-order chi connectivity index (χ0) is 15.4. The quantitative estimate of drug-likeness (QED) is 0.900. The predicted octanol–water partition coefficient (Wildman–Crippen LogP) is 0.705. The van der Waals surface area contributed by atoms with Crippen LogP contribution < -0.4 is 9.64 Å². The molecule has 3 heterocycles. The van der Waals surface area contributed by atoms with E-state index in [1.165, 1.54) is 0 Å². The van der Waals surface area contributed by atoms with Gasteiger partial charge in [-0.3, -0.25) is 9.89 Å². The summed E-state index contributed by atoms with van der Waals surface area (Å²) in [5, 5.41) is 6.59. The Labute approximate surface area is 128 Å². The van der Waals surface area contributed by atoms with Crippen LogP contribution in [0.4, 0.5) is 5.82 Å². The number of hydrogen-bond acceptors (Lipinski definition) is 5. The smallest absolute Gasteiger partial charge is 0.227 e. The topological polar surface area (TPSA) is 74.3 Å². The van der Waals surface area contributed by atoms with Crippen molar-refractivity contribution in [1.82, 2.24) is 20.1 Å². The third-order valence-electron chi connectivity index (χ3n) is 3.82. The lowest BCUT2D eigenvalue weighted by atomic mass is 10.2. The van der Waals surface area contributed by atoms with E-state index in [1.807, 2.05) is 17.0 Å². The molecule has 0 unspecified atom stereocenters. The second kappa shape index (κ2) is 6.46. The summed E-state index contributed by atoms with van der Waals surface area (Å²) in [5.41, 5.74) is 0.918. The molecule has 1 amide bonds. The molecule has 1 saturated heterocycles. The number of amides is 1. The first-order chi connectivity index (χ1) is 10.8. The third-order valence-corrected chi connectivity index (χ3v) is 3.82. The number of carbonyl (C=O) groups is 1. The van der Waals surface area contributed by atoms with Crippen molar-refractivity contribution in [3.63, 3.8) is 0 Å². The molecule has 0 radical (unpaired) electrons. The maximum atomic E-state index is 12.2. The van der Waals surface area contributed by atoms with Gasteiger partial charge in [-0.1, -0.05) is 0 Å². The Morgan fingerprint density at radius 1 is 1.36 bits per heavy atom. The van der Waals surface area contributed by atoms with Crippen LogP contribution in [0.3, 0.4) is 0 Å². The number of methoxy groups -OCH3 is 1. The fraction of sp³-hybridized carbons (Fsp3) is 0.400. The maximum absolute atomic E-state index is 12.2. The molecular formula is C15H19N5O2. The summed E-state index contributed by atoms with van der Waals surface area (Å²) in [6.45, 7) is 2.96. The zero-order valence-electron chi connectivity index (χ0n) is 12.5. The van der Waals surface area contributed by atoms with Gasteiger partial charge in [0.2, 0.25) is 5.91 Å². The van der Waals surface area contributed by atoms with E-state index in [0.717, 1.165) is 30.2 Å². The van der Waals surface area contributed by atoms with Gasteiger partial charge in [0.15, 0.2) is 0 Å². The summed E-state index contributed by atoms with van der Waals surface area (Å²) in [4.78, 5) is 20.7. The Bertz CT molecular complexity index is 621. The van der Waals surface area contributed by atoms with Crippen LogP contribution in [0.2, 0.25) is 0 Å². The number of hydrogen-bond donors (Lipinski definition) is 1. The van der Waals surface area contributed by atoms with Crippen molar-refractivity contribution in [2.75, 3.05) is 38.2 Å². The molecule has 116 valence electrons. The minimum Gasteiger partial charge on any atom is -0.497 e. The average Bonchev–Trinajstić information content (AvgIpc) is 3.08. The molecular weight excluding hydrogens is 282 g/mol. The molecule has 1 fully saturated rings. The van der Waals surface area contributed by atoms with Crippen LogP contribution in [0.25, 0.3) is 0 Å². The SMILES string of the molecule is COc1ccnc(N2CCN(C(=O)Cc3cn[nH]c3)CC2)c1. The van der Waals surface area contributed by atoms with Crippen molar-refractivity contribution in [1.29, 1.82) is 0 Å². The van der Waals surface area contributed by atoms with Crippen LogP contribution in [-0.4, -0.2) is 59.3 Å². The number of H-pyrrole nitrogens is 1. The number of aromatic amines is 1. The minimum atomic E-state index is 0.139. The van der Waals surface area contributed by atoms with Gasteiger partial charge >= 0.3 is 0 Å². The molecule has 1 aliphatic heterocycles. The van der Waals surface area contributed by atoms with E-state index in [2.05, 4.69) is 20.1 Å². The van der Waals surface area contributed by atoms with E-state index in [0.29, 0.717) is 19.5 Å². The lowest BCUT2D eigenvalue weighted by molar-refractivity contribution is -0.130. The van der Waals surface area contributed by atoms with Gasteiger partial charge in [0.25, 0.3) is 0 Å². The van der Waals surface area contributed by atoms with Gasteiger partial charge < -0.3 is 14.5 Å². The van der Waals surface area contributed by atoms with E-state index in [-0.39, 0.29) is 5.91 Å². The van der Waals surface area contributed by atoms with Gasteiger partial charge in [-0.2, -0.15) is 5.10 Å². The Morgan fingerprint density at radius 2 is 2.18 bits per heavy atom. The van der Waals surface area contributed by atoms with Crippen molar-refractivity contribution in [3.8, 4) is 5.75 Å². The number of aromatic nitrogens is 3. The second-order valence-corrected chi connectivity index (χ2v) is 5.21. The van der Waals surface area contributed by atoms with E-state index in [9.17, 15) is 4.79 Å². The number of nitrogens with one attached hydrogen (secondary N) is 1. The van der Waals surface area contributed by atoms with Gasteiger partial charge in [0.05, 0.1) is 19.7 Å². The number of nitrogens with zero attached hydrogens (tertiary/aromatic N) is 4. The Hall–Kier alpha value is -2.57. The number of rotatable bonds is 4. The van der Waals surface area contributed by atoms with Crippen molar-refractivity contribution in [3.05, 3.63) is 36.3 Å². The van der Waals surface area contributed by atoms with E-state index < -0.39 is 0 Å². The first kappa shape index (κ1) is 14.4. The van der Waals surface area contributed by atoms with Crippen molar-refractivity contribution >= 4 is 11.7 Å². The van der Waals surface area contributed by atoms with Gasteiger partial charge in [0, 0.05) is 44.6 Å². The summed E-state index contributed by atoms with van der Waals surface area (Å²) in [6.07, 6.45) is 5.58. The first-order valence-electron chi connectivity index (χ1n) is 7.26. The average molecular weight is 301 g/mol. The van der Waals surface area contributed by atoms with E-state index in [4.69, 9.17) is 4.74 Å². The number of anilines is 1. The highest BCUT2D eigenvalue weighted by Gasteiger charge is 2.22. The summed E-state index contributed by atoms with van der Waals surface area (Å²) in [5.74, 6) is 1.82. The normalized spacial score (nSPS) is 15.0.